The molecule has 1 atom stereocenters. The van der Waals surface area contributed by atoms with Crippen LogP contribution in [0.2, 0.25) is 0 Å². The molecule has 0 amide bonds. The summed E-state index contributed by atoms with van der Waals surface area (Å²) in [7, 11) is 0. The van der Waals surface area contributed by atoms with Gasteiger partial charge in [0.2, 0.25) is 0 Å². The third-order valence-corrected chi connectivity index (χ3v) is 2.86. The molecule has 0 bridgehead atoms. The number of hydrogen-bond donors (Lipinski definition) is 1. The number of nitrogens with one attached hydrogen (secondary N) is 1. The Bertz CT molecular complexity index is 505. The second kappa shape index (κ2) is 6.11. The minimum absolute atomic E-state index is 0.142. The van der Waals surface area contributed by atoms with Crippen LogP contribution in [0.25, 0.3) is 0 Å². The Morgan fingerprint density at radius 3 is 2.85 bits per heavy atom. The predicted molar refractivity (Wildman–Crippen MR) is 64.3 cm³/mol. The zero-order chi connectivity index (χ0) is 14.6. The predicted octanol–water partition coefficient (Wildman–Crippen LogP) is 1.94. The first-order valence-corrected chi connectivity index (χ1v) is 6.07. The molecule has 108 valence electrons. The van der Waals surface area contributed by atoms with Crippen LogP contribution in [-0.4, -0.2) is 32.4 Å². The summed E-state index contributed by atoms with van der Waals surface area (Å²) in [4.78, 5) is 0. The monoisotopic (exact) mass is 286 g/mol. The second-order valence-electron chi connectivity index (χ2n) is 4.32. The van der Waals surface area contributed by atoms with Gasteiger partial charge in [-0.3, -0.25) is 0 Å². The zero-order valence-electron chi connectivity index (χ0n) is 10.5. The summed E-state index contributed by atoms with van der Waals surface area (Å²) in [5.41, 5.74) is -1.40. The van der Waals surface area contributed by atoms with E-state index in [0.29, 0.717) is 13.2 Å². The van der Waals surface area contributed by atoms with E-state index >= 15 is 0 Å². The van der Waals surface area contributed by atoms with Crippen LogP contribution in [-0.2, 0) is 10.9 Å². The maximum absolute atomic E-state index is 12.6. The molecule has 1 fully saturated rings. The third kappa shape index (κ3) is 3.62. The van der Waals surface area contributed by atoms with E-state index in [2.05, 4.69) is 5.32 Å². The average molecular weight is 286 g/mol. The number of hydrogen-bond acceptors (Lipinski definition) is 4. The van der Waals surface area contributed by atoms with Gasteiger partial charge in [0.1, 0.15) is 18.5 Å². The Balaban J connectivity index is 2.04. The molecule has 1 saturated heterocycles. The van der Waals surface area contributed by atoms with E-state index in [4.69, 9.17) is 14.7 Å². The van der Waals surface area contributed by atoms with Crippen molar-refractivity contribution < 1.29 is 22.6 Å². The van der Waals surface area contributed by atoms with Gasteiger partial charge >= 0.3 is 6.18 Å². The summed E-state index contributed by atoms with van der Waals surface area (Å²) in [6.45, 7) is 2.20. The zero-order valence-corrected chi connectivity index (χ0v) is 10.5. The lowest BCUT2D eigenvalue weighted by Crippen LogP contribution is -2.41. The van der Waals surface area contributed by atoms with Crippen molar-refractivity contribution in [3.63, 3.8) is 0 Å². The largest absolute Gasteiger partial charge is 0.491 e. The van der Waals surface area contributed by atoms with Crippen LogP contribution >= 0.6 is 0 Å². The Kier molecular flexibility index (Phi) is 4.47. The molecule has 1 unspecified atom stereocenters. The highest BCUT2D eigenvalue weighted by Crippen LogP contribution is 2.33. The lowest BCUT2D eigenvalue weighted by Gasteiger charge is -2.23. The number of alkyl halides is 3. The van der Waals surface area contributed by atoms with Crippen LogP contribution in [0, 0.1) is 11.3 Å². The van der Waals surface area contributed by atoms with Crippen molar-refractivity contribution in [2.24, 2.45) is 0 Å². The molecule has 1 N–H and O–H groups in total. The van der Waals surface area contributed by atoms with Crippen molar-refractivity contribution in [3.8, 4) is 11.8 Å². The first kappa shape index (κ1) is 14.6. The first-order valence-electron chi connectivity index (χ1n) is 6.07. The van der Waals surface area contributed by atoms with E-state index in [9.17, 15) is 13.2 Å². The fourth-order valence-electron chi connectivity index (χ4n) is 1.87. The number of nitriles is 1. The normalized spacial score (nSPS) is 19.4. The van der Waals surface area contributed by atoms with Crippen LogP contribution in [0.3, 0.4) is 0 Å². The molecule has 1 aromatic rings. The Morgan fingerprint density at radius 1 is 1.45 bits per heavy atom. The molecule has 0 aromatic heterocycles. The topological polar surface area (TPSA) is 54.3 Å². The van der Waals surface area contributed by atoms with Gasteiger partial charge in [0.15, 0.2) is 0 Å². The van der Waals surface area contributed by atoms with Gasteiger partial charge in [-0.1, -0.05) is 0 Å². The van der Waals surface area contributed by atoms with Crippen molar-refractivity contribution in [2.75, 3.05) is 26.3 Å². The molecular formula is C13H13F3N2O2. The fourth-order valence-corrected chi connectivity index (χ4v) is 1.87. The molecule has 0 saturated carbocycles. The molecule has 1 aliphatic rings. The molecule has 7 heteroatoms. The van der Waals surface area contributed by atoms with Crippen molar-refractivity contribution in [1.29, 1.82) is 5.26 Å². The Labute approximate surface area is 114 Å². The van der Waals surface area contributed by atoms with Gasteiger partial charge in [0.05, 0.1) is 23.8 Å². The summed E-state index contributed by atoms with van der Waals surface area (Å²) in [5.74, 6) is 0.226. The van der Waals surface area contributed by atoms with E-state index in [-0.39, 0.29) is 18.5 Å². The maximum atomic E-state index is 12.6. The third-order valence-electron chi connectivity index (χ3n) is 2.86. The highest BCUT2D eigenvalue weighted by atomic mass is 19.4. The number of ether oxygens (including phenoxy) is 2. The van der Waals surface area contributed by atoms with Crippen molar-refractivity contribution in [2.45, 2.75) is 12.3 Å². The summed E-state index contributed by atoms with van der Waals surface area (Å²) < 4.78 is 48.6. The lowest BCUT2D eigenvalue weighted by molar-refractivity contribution is -0.137. The van der Waals surface area contributed by atoms with Gasteiger partial charge in [-0.2, -0.15) is 18.4 Å². The molecule has 0 radical (unpaired) electrons. The van der Waals surface area contributed by atoms with Crippen molar-refractivity contribution in [3.05, 3.63) is 29.3 Å². The van der Waals surface area contributed by atoms with E-state index in [0.717, 1.165) is 18.7 Å². The molecule has 4 nitrogen and oxygen atoms in total. The second-order valence-corrected chi connectivity index (χ2v) is 4.32. The number of nitrogens with zero attached hydrogens (tertiary/aromatic N) is 1. The quantitative estimate of drug-likeness (QED) is 0.922. The van der Waals surface area contributed by atoms with Crippen LogP contribution in [0.4, 0.5) is 13.2 Å². The van der Waals surface area contributed by atoms with E-state index in [1.54, 1.807) is 0 Å². The van der Waals surface area contributed by atoms with Gasteiger partial charge in [0.25, 0.3) is 0 Å². The summed E-state index contributed by atoms with van der Waals surface area (Å²) in [6.07, 6.45) is -4.68. The Morgan fingerprint density at radius 2 is 2.25 bits per heavy atom. The molecule has 0 spiro atoms. The highest BCUT2D eigenvalue weighted by Gasteiger charge is 2.33. The molecule has 1 heterocycles. The summed E-state index contributed by atoms with van der Waals surface area (Å²) in [5, 5.41) is 11.9. The molecule has 1 aliphatic heterocycles. The van der Waals surface area contributed by atoms with Gasteiger partial charge < -0.3 is 14.8 Å². The van der Waals surface area contributed by atoms with Gasteiger partial charge in [0, 0.05) is 13.1 Å². The Hall–Kier alpha value is -1.78. The molecular weight excluding hydrogens is 273 g/mol. The number of halogens is 3. The van der Waals surface area contributed by atoms with Crippen LogP contribution in [0.15, 0.2) is 18.2 Å². The minimum Gasteiger partial charge on any atom is -0.491 e. The van der Waals surface area contributed by atoms with Crippen LogP contribution < -0.4 is 10.1 Å². The molecule has 2 rings (SSSR count). The standard InChI is InChI=1S/C13H13F3N2O2/c14-13(15,16)12-2-1-10(5-9(12)6-17)20-8-11-7-18-3-4-19-11/h1-2,5,11,18H,3-4,7-8H2. The first-order chi connectivity index (χ1) is 9.50. The van der Waals surface area contributed by atoms with E-state index in [1.807, 2.05) is 0 Å². The van der Waals surface area contributed by atoms with E-state index < -0.39 is 17.3 Å². The van der Waals surface area contributed by atoms with Gasteiger partial charge in [-0.05, 0) is 18.2 Å². The summed E-state index contributed by atoms with van der Waals surface area (Å²) >= 11 is 0. The van der Waals surface area contributed by atoms with Crippen LogP contribution in [0.5, 0.6) is 5.75 Å². The SMILES string of the molecule is N#Cc1cc(OCC2CNCCO2)ccc1C(F)(F)F. The number of rotatable bonds is 3. The smallest absolute Gasteiger partial charge is 0.417 e. The van der Waals surface area contributed by atoms with Crippen LogP contribution in [0.1, 0.15) is 11.1 Å². The van der Waals surface area contributed by atoms with Crippen molar-refractivity contribution >= 4 is 0 Å². The molecule has 0 aliphatic carbocycles. The number of benzene rings is 1. The van der Waals surface area contributed by atoms with Gasteiger partial charge in [-0.25, -0.2) is 0 Å². The number of morpholine rings is 1. The lowest BCUT2D eigenvalue weighted by atomic mass is 10.1. The van der Waals surface area contributed by atoms with Crippen molar-refractivity contribution in [1.82, 2.24) is 5.32 Å². The van der Waals surface area contributed by atoms with E-state index in [1.165, 1.54) is 12.1 Å². The summed E-state index contributed by atoms with van der Waals surface area (Å²) in [6, 6.07) is 4.70. The molecule has 20 heavy (non-hydrogen) atoms. The highest BCUT2D eigenvalue weighted by molar-refractivity contribution is 5.44. The fraction of sp³-hybridized carbons (Fsp3) is 0.462. The average Bonchev–Trinajstić information content (AvgIpc) is 2.45. The maximum Gasteiger partial charge on any atom is 0.417 e. The molecule has 1 aromatic carbocycles. The minimum atomic E-state index is -4.54. The van der Waals surface area contributed by atoms with Gasteiger partial charge in [-0.15, -0.1) is 0 Å².